The number of hydrogen-bond acceptors (Lipinski definition) is 9. The Morgan fingerprint density at radius 2 is 0.479 bits per heavy atom. The topological polar surface area (TPSA) is 137 Å². The molecule has 20 saturated carbocycles. The molecule has 0 bridgehead atoms. The lowest BCUT2D eigenvalue weighted by Crippen LogP contribution is -2.84. The monoisotopic (exact) mass is 1320 g/mol. The van der Waals surface area contributed by atoms with Crippen LogP contribution >= 0.6 is 0 Å². The van der Waals surface area contributed by atoms with Gasteiger partial charge in [0.2, 0.25) is 0 Å². The molecule has 0 aromatic heterocycles. The Hall–Kier alpha value is -0.480. The van der Waals surface area contributed by atoms with Crippen LogP contribution in [0.5, 0.6) is 0 Å². The molecule has 23 fully saturated rings. The highest BCUT2D eigenvalue weighted by atomic mass is 16.5. The SMILES string of the molecule is [NH]CCOCCOCCN1CC2CCC3C4CCCC5CC6C7CN(CCOCCOCC[NH])CC8C9CC%10CC%11CCCC%12C%13CCCC%14C%15CN(CCOCCOCC[NH])CC%16C%17CC%18CC%19C(C1)C2C3C1C%19C2C%18C3C%17C%17C(C%10C(C%11%12)C(C%13%14)C%17C%15%16)C9C3C(C78)C2C6C1C54. The van der Waals surface area contributed by atoms with E-state index in [1.165, 1.54) is 45.7 Å². The Balaban J connectivity index is 0.691. The number of likely N-dealkylation sites (tertiary alicyclic amines) is 3. The Bertz CT molecular complexity index is 2890. The van der Waals surface area contributed by atoms with Gasteiger partial charge in [0.05, 0.1) is 79.3 Å². The lowest BCUT2D eigenvalue weighted by Gasteiger charge is -2.87. The molecule has 3 saturated heterocycles. The van der Waals surface area contributed by atoms with Gasteiger partial charge in [-0.15, -0.1) is 0 Å². The van der Waals surface area contributed by atoms with Crippen LogP contribution in [0.25, 0.3) is 0 Å². The van der Waals surface area contributed by atoms with E-state index < -0.39 is 0 Å². The number of fused-ring (bicyclic) bond motifs is 7. The van der Waals surface area contributed by atoms with E-state index in [9.17, 15) is 0 Å². The Labute approximate surface area is 578 Å². The maximum atomic E-state index is 7.74. The zero-order chi connectivity index (χ0) is 62.7. The molecule has 44 unspecified atom stereocenters. The largest absolute Gasteiger partial charge is 0.378 e. The van der Waals surface area contributed by atoms with Gasteiger partial charge in [0, 0.05) is 78.5 Å². The molecule has 0 amide bonds. The molecule has 0 spiro atoms. The van der Waals surface area contributed by atoms with E-state index in [0.717, 1.165) is 300 Å². The average Bonchev–Trinajstić information content (AvgIpc) is 0.627. The molecular formula is C84H127N6O6. The maximum absolute atomic E-state index is 7.74. The lowest BCUT2D eigenvalue weighted by atomic mass is 9.18. The Kier molecular flexibility index (Phi) is 15.3. The van der Waals surface area contributed by atoms with E-state index in [0.29, 0.717) is 79.1 Å². The minimum absolute atomic E-state index is 0.344. The van der Waals surface area contributed by atoms with Crippen LogP contribution in [0.3, 0.4) is 0 Å². The summed E-state index contributed by atoms with van der Waals surface area (Å²) in [6, 6.07) is 0. The van der Waals surface area contributed by atoms with Crippen LogP contribution in [-0.4, -0.2) is 173 Å². The Morgan fingerprint density at radius 1 is 0.198 bits per heavy atom. The van der Waals surface area contributed by atoms with Crippen molar-refractivity contribution in [2.24, 2.45) is 260 Å². The first kappa shape index (κ1) is 61.8. The summed E-state index contributed by atoms with van der Waals surface area (Å²) >= 11 is 0. The molecule has 0 aromatic carbocycles. The lowest BCUT2D eigenvalue weighted by molar-refractivity contribution is -0.400. The van der Waals surface area contributed by atoms with Crippen LogP contribution in [0, 0.1) is 260 Å². The van der Waals surface area contributed by atoms with Gasteiger partial charge in [-0.25, -0.2) is 0 Å². The van der Waals surface area contributed by atoms with E-state index in [2.05, 4.69) is 14.7 Å². The number of nitrogens with one attached hydrogen (secondary N) is 3. The molecular weight excluding hydrogens is 1190 g/mol. The predicted octanol–water partition coefficient (Wildman–Crippen LogP) is 10.5. The van der Waals surface area contributed by atoms with Crippen molar-refractivity contribution in [3.63, 3.8) is 0 Å². The van der Waals surface area contributed by atoms with Crippen LogP contribution in [0.1, 0.15) is 103 Å². The number of rotatable bonds is 24. The molecule has 3 heterocycles. The van der Waals surface area contributed by atoms with Gasteiger partial charge in [0.25, 0.3) is 0 Å². The third-order valence-electron chi connectivity index (χ3n) is 39.4. The van der Waals surface area contributed by atoms with Crippen molar-refractivity contribution in [3.8, 4) is 0 Å². The molecule has 3 radical (unpaired) electrons. The van der Waals surface area contributed by atoms with E-state index in [-0.39, 0.29) is 0 Å². The average molecular weight is 1320 g/mol. The van der Waals surface area contributed by atoms with Crippen molar-refractivity contribution < 1.29 is 28.4 Å². The fourth-order valence-electron chi connectivity index (χ4n) is 39.8. The molecule has 96 heavy (non-hydrogen) atoms. The second kappa shape index (κ2) is 23.8. The fraction of sp³-hybridized carbons (Fsp3) is 1.00. The number of ether oxygens (including phenoxy) is 6. The maximum Gasteiger partial charge on any atom is 0.0701 e. The summed E-state index contributed by atoms with van der Waals surface area (Å²) in [4.78, 5) is 9.41. The molecule has 12 heteroatoms. The zero-order valence-corrected chi connectivity index (χ0v) is 59.0. The molecule has 44 atom stereocenters. The van der Waals surface area contributed by atoms with Crippen molar-refractivity contribution in [3.05, 3.63) is 0 Å². The molecule has 529 valence electrons. The summed E-state index contributed by atoms with van der Waals surface area (Å²) in [5, 5.41) is 0. The van der Waals surface area contributed by atoms with Crippen LogP contribution in [0.15, 0.2) is 0 Å². The van der Waals surface area contributed by atoms with Crippen molar-refractivity contribution in [2.75, 3.05) is 158 Å². The molecule has 0 aromatic rings. The number of piperidine rings is 3. The van der Waals surface area contributed by atoms with Gasteiger partial charge in [0.1, 0.15) is 0 Å². The minimum Gasteiger partial charge on any atom is -0.378 e. The molecule has 23 aliphatic rings. The smallest absolute Gasteiger partial charge is 0.0701 e. The zero-order valence-electron chi connectivity index (χ0n) is 59.0. The van der Waals surface area contributed by atoms with Gasteiger partial charge >= 0.3 is 0 Å². The van der Waals surface area contributed by atoms with Gasteiger partial charge < -0.3 is 43.1 Å². The standard InChI is InChI=1S/C84H127N6O6/c85-12-18-91-24-27-94-21-15-88-35-43-10-11-50-47-7-2-5-42-31-51-57-38-90(17-23-96-29-26-93-20-14-87)40-59-53-32-44-30-41-4-1-6-46-48-8-3-9-49-55-36-89(16-22-95-28-25-92-19-13-86)39-58-54-34-45-33-52-56(37-88)62(43)68(50)81-70(52)76-64(45)77-72(54)83-75(63(44)73(60(41)46)78(65(48)49)79(83)66(55)58)71(53)84(77)80(67(57)59)82(76)69(51)74(81)61(42)47/h41-87H,1-40H2. The highest BCUT2D eigenvalue weighted by Crippen LogP contribution is 2.90. The van der Waals surface area contributed by atoms with Gasteiger partial charge in [-0.2, -0.15) is 0 Å². The third-order valence-corrected chi connectivity index (χ3v) is 39.4. The summed E-state index contributed by atoms with van der Waals surface area (Å²) in [5.41, 5.74) is 23.1. The second-order valence-electron chi connectivity index (χ2n) is 40.3. The Morgan fingerprint density at radius 3 is 0.948 bits per heavy atom. The summed E-state index contributed by atoms with van der Waals surface area (Å²) in [6.45, 7) is 20.9. The molecule has 20 aliphatic carbocycles. The molecule has 23 rings (SSSR count). The summed E-state index contributed by atoms with van der Waals surface area (Å²) in [5.74, 6) is 44.4. The molecule has 3 aliphatic heterocycles. The number of hydrogen-bond donors (Lipinski definition) is 0. The fourth-order valence-corrected chi connectivity index (χ4v) is 39.8. The first-order valence-corrected chi connectivity index (χ1v) is 43.2. The van der Waals surface area contributed by atoms with Gasteiger partial charge in [-0.1, -0.05) is 32.1 Å². The predicted molar refractivity (Wildman–Crippen MR) is 366 cm³/mol. The van der Waals surface area contributed by atoms with Crippen LogP contribution in [0.4, 0.5) is 0 Å². The van der Waals surface area contributed by atoms with Gasteiger partial charge in [-0.3, -0.25) is 17.2 Å². The van der Waals surface area contributed by atoms with Gasteiger partial charge in [-0.05, 0) is 331 Å². The van der Waals surface area contributed by atoms with Crippen LogP contribution in [0.2, 0.25) is 0 Å². The van der Waals surface area contributed by atoms with Gasteiger partial charge in [0.15, 0.2) is 0 Å². The quantitative estimate of drug-likeness (QED) is 0.0865. The third kappa shape index (κ3) is 8.36. The molecule has 12 nitrogen and oxygen atoms in total. The first-order chi connectivity index (χ1) is 47.6. The van der Waals surface area contributed by atoms with E-state index >= 15 is 0 Å². The van der Waals surface area contributed by atoms with E-state index in [1.54, 1.807) is 96.3 Å². The van der Waals surface area contributed by atoms with Crippen molar-refractivity contribution in [1.82, 2.24) is 31.9 Å². The normalized spacial score (nSPS) is 59.8. The van der Waals surface area contributed by atoms with E-state index in [4.69, 9.17) is 45.6 Å². The van der Waals surface area contributed by atoms with Crippen molar-refractivity contribution >= 4 is 0 Å². The second-order valence-corrected chi connectivity index (χ2v) is 40.3. The van der Waals surface area contributed by atoms with Crippen molar-refractivity contribution in [2.45, 2.75) is 103 Å². The highest BCUT2D eigenvalue weighted by Gasteiger charge is 2.86. The van der Waals surface area contributed by atoms with Crippen LogP contribution < -0.4 is 17.2 Å². The molecule has 3 N–H and O–H groups in total. The van der Waals surface area contributed by atoms with Crippen LogP contribution in [-0.2, 0) is 28.4 Å². The number of nitrogens with zero attached hydrogens (tertiary/aromatic N) is 3. The minimum atomic E-state index is 0.344. The first-order valence-electron chi connectivity index (χ1n) is 43.2. The summed E-state index contributed by atoms with van der Waals surface area (Å²) in [6.07, 6.45) is 25.6. The van der Waals surface area contributed by atoms with Crippen molar-refractivity contribution in [1.29, 1.82) is 0 Å². The van der Waals surface area contributed by atoms with E-state index in [1.807, 2.05) is 0 Å². The highest BCUT2D eigenvalue weighted by molar-refractivity contribution is 5.33. The summed E-state index contributed by atoms with van der Waals surface area (Å²) < 4.78 is 37.3. The summed E-state index contributed by atoms with van der Waals surface area (Å²) in [7, 11) is 0.